The van der Waals surface area contributed by atoms with E-state index in [-0.39, 0.29) is 17.1 Å². The van der Waals surface area contributed by atoms with Crippen LogP contribution in [-0.2, 0) is 11.2 Å². The van der Waals surface area contributed by atoms with E-state index >= 15 is 0 Å². The van der Waals surface area contributed by atoms with Gasteiger partial charge in [-0.3, -0.25) is 4.79 Å². The number of benzene rings is 1. The Bertz CT molecular complexity index is 1860. The van der Waals surface area contributed by atoms with Gasteiger partial charge in [0.25, 0.3) is 5.91 Å². The molecule has 4 aromatic rings. The van der Waals surface area contributed by atoms with Gasteiger partial charge in [0.15, 0.2) is 5.13 Å². The van der Waals surface area contributed by atoms with Crippen molar-refractivity contribution in [3.63, 3.8) is 0 Å². The minimum absolute atomic E-state index is 0.00327. The first-order valence-electron chi connectivity index (χ1n) is 14.6. The largest absolute Gasteiger partial charge is 0.387 e. The summed E-state index contributed by atoms with van der Waals surface area (Å²) in [5, 5.41) is 31.4. The molecule has 1 amide bonds. The number of fused-ring (bicyclic) bond motifs is 2. The first-order valence-corrected chi connectivity index (χ1v) is 15.4. The Morgan fingerprint density at radius 1 is 1.16 bits per heavy atom. The lowest BCUT2D eigenvalue weighted by Crippen LogP contribution is -2.74. The number of aliphatic hydroxyl groups excluding tert-OH is 1. The Kier molecular flexibility index (Phi) is 6.44. The zero-order valence-electron chi connectivity index (χ0n) is 24.9. The average molecular weight is 614 g/mol. The Balaban J connectivity index is 1.25. The van der Waals surface area contributed by atoms with E-state index in [2.05, 4.69) is 11.0 Å². The molecule has 10 nitrogen and oxygen atoms in total. The highest BCUT2D eigenvalue weighted by molar-refractivity contribution is 7.16. The van der Waals surface area contributed by atoms with Gasteiger partial charge >= 0.3 is 0 Å². The van der Waals surface area contributed by atoms with Crippen LogP contribution in [0.3, 0.4) is 0 Å². The summed E-state index contributed by atoms with van der Waals surface area (Å²) >= 11 is 1.25. The molecule has 3 aliphatic rings. The molecule has 0 radical (unpaired) electrons. The molecule has 1 aliphatic carbocycles. The van der Waals surface area contributed by atoms with E-state index in [9.17, 15) is 24.7 Å². The second-order valence-electron chi connectivity index (χ2n) is 12.8. The van der Waals surface area contributed by atoms with Gasteiger partial charge in [-0.05, 0) is 69.5 Å². The number of thiazole rings is 1. The highest BCUT2D eigenvalue weighted by Gasteiger charge is 2.55. The summed E-state index contributed by atoms with van der Waals surface area (Å²) in [5.74, 6) is 0.201. The SMILES string of the molecule is Cc1cc(N2CC3(CN(C(=O)C(C)(C)O)C3)C2)nc2c(N(C)c3nc(-c4ccc(F)cc4)c(C#N)s3)c3c(nc12)[C@@H](O)CC3. The van der Waals surface area contributed by atoms with Crippen LogP contribution in [0.25, 0.3) is 22.3 Å². The fourth-order valence-electron chi connectivity index (χ4n) is 6.72. The highest BCUT2D eigenvalue weighted by atomic mass is 32.1. The van der Waals surface area contributed by atoms with Crippen molar-refractivity contribution >= 4 is 44.9 Å². The molecule has 7 rings (SSSR count). The molecule has 2 aliphatic heterocycles. The number of aliphatic hydroxyl groups is 2. The number of carbonyl (C=O) groups is 1. The van der Waals surface area contributed by atoms with Gasteiger partial charge in [-0.25, -0.2) is 19.3 Å². The first kappa shape index (κ1) is 28.6. The number of carbonyl (C=O) groups excluding carboxylic acids is 1. The van der Waals surface area contributed by atoms with Crippen molar-refractivity contribution in [2.24, 2.45) is 5.41 Å². The van der Waals surface area contributed by atoms with Gasteiger partial charge in [0.05, 0.1) is 23.0 Å². The Morgan fingerprint density at radius 3 is 2.52 bits per heavy atom. The Labute approximate surface area is 258 Å². The van der Waals surface area contributed by atoms with Gasteiger partial charge in [0.1, 0.15) is 39.4 Å². The standard InChI is InChI=1S/C32H32FN7O3S/c1-17-11-23(39-13-32(14-39)15-40(16-32)29(42)31(2,3)43)35-27-24(17)36-26-20(9-10-21(26)41)28(27)38(4)30-37-25(22(12-34)44-30)18-5-7-19(33)8-6-18/h5-8,11,21,41,43H,9-10,13-16H2,1-4H3/t21-/m0/s1. The third kappa shape index (κ3) is 4.49. The first-order chi connectivity index (χ1) is 20.9. The van der Waals surface area contributed by atoms with Crippen LogP contribution in [0.2, 0.25) is 0 Å². The topological polar surface area (TPSA) is 130 Å². The summed E-state index contributed by atoms with van der Waals surface area (Å²) in [4.78, 5) is 33.6. The number of aryl methyl sites for hydroxylation is 1. The minimum atomic E-state index is -1.38. The minimum Gasteiger partial charge on any atom is -0.387 e. The molecule has 1 spiro atoms. The van der Waals surface area contributed by atoms with Crippen LogP contribution in [0, 0.1) is 29.5 Å². The van der Waals surface area contributed by atoms with Crippen LogP contribution in [-0.4, -0.2) is 74.8 Å². The maximum atomic E-state index is 13.6. The molecule has 0 saturated carbocycles. The maximum absolute atomic E-state index is 13.6. The van der Waals surface area contributed by atoms with Crippen molar-refractivity contribution < 1.29 is 19.4 Å². The van der Waals surface area contributed by atoms with Gasteiger partial charge in [0.2, 0.25) is 0 Å². The van der Waals surface area contributed by atoms with Gasteiger partial charge in [-0.1, -0.05) is 11.3 Å². The summed E-state index contributed by atoms with van der Waals surface area (Å²) in [6.07, 6.45) is 0.510. The number of anilines is 3. The van der Waals surface area contributed by atoms with Crippen molar-refractivity contribution in [3.05, 3.63) is 57.8 Å². The van der Waals surface area contributed by atoms with Crippen LogP contribution < -0.4 is 9.80 Å². The van der Waals surface area contributed by atoms with Crippen LogP contribution in [0.4, 0.5) is 21.0 Å². The number of rotatable bonds is 5. The number of nitrogens with zero attached hydrogens (tertiary/aromatic N) is 7. The smallest absolute Gasteiger partial charge is 0.253 e. The summed E-state index contributed by atoms with van der Waals surface area (Å²) < 4.78 is 13.6. The van der Waals surface area contributed by atoms with E-state index in [4.69, 9.17) is 15.0 Å². The highest BCUT2D eigenvalue weighted by Crippen LogP contribution is 2.46. The van der Waals surface area contributed by atoms with Gasteiger partial charge in [-0.15, -0.1) is 0 Å². The number of nitriles is 1. The number of hydrogen-bond acceptors (Lipinski definition) is 10. The van der Waals surface area contributed by atoms with E-state index in [0.717, 1.165) is 35.7 Å². The van der Waals surface area contributed by atoms with Gasteiger partial charge < -0.3 is 24.9 Å². The molecular formula is C32H32FN7O3S. The maximum Gasteiger partial charge on any atom is 0.253 e. The summed E-state index contributed by atoms with van der Waals surface area (Å²) in [6.45, 7) is 7.76. The van der Waals surface area contributed by atoms with Gasteiger partial charge in [-0.2, -0.15) is 5.26 Å². The normalized spacial score (nSPS) is 18.6. The Morgan fingerprint density at radius 2 is 1.86 bits per heavy atom. The zero-order valence-corrected chi connectivity index (χ0v) is 25.7. The lowest BCUT2D eigenvalue weighted by Gasteiger charge is -2.61. The monoisotopic (exact) mass is 613 g/mol. The summed E-state index contributed by atoms with van der Waals surface area (Å²) in [7, 11) is 1.89. The van der Waals surface area contributed by atoms with E-state index in [1.54, 1.807) is 17.0 Å². The average Bonchev–Trinajstić information content (AvgIpc) is 3.54. The lowest BCUT2D eigenvalue weighted by molar-refractivity contribution is -0.162. The molecule has 44 heavy (non-hydrogen) atoms. The number of aromatic nitrogens is 3. The Hall–Kier alpha value is -4.18. The van der Waals surface area contributed by atoms with Crippen LogP contribution in [0.5, 0.6) is 0 Å². The molecule has 1 atom stereocenters. The summed E-state index contributed by atoms with van der Waals surface area (Å²) in [6, 6.07) is 10.2. The quantitative estimate of drug-likeness (QED) is 0.340. The molecule has 2 N–H and O–H groups in total. The van der Waals surface area contributed by atoms with E-state index < -0.39 is 11.7 Å². The van der Waals surface area contributed by atoms with Gasteiger partial charge in [0, 0.05) is 49.8 Å². The van der Waals surface area contributed by atoms with Crippen LogP contribution in [0.15, 0.2) is 30.3 Å². The molecule has 2 fully saturated rings. The van der Waals surface area contributed by atoms with Crippen LogP contribution >= 0.6 is 11.3 Å². The number of amides is 1. The third-order valence-electron chi connectivity index (χ3n) is 8.90. The number of halogens is 1. The van der Waals surface area contributed by atoms with Crippen LogP contribution in [0.1, 0.15) is 48.1 Å². The number of hydrogen-bond donors (Lipinski definition) is 2. The number of likely N-dealkylation sites (tertiary alicyclic amines) is 1. The predicted molar refractivity (Wildman–Crippen MR) is 165 cm³/mol. The third-order valence-corrected chi connectivity index (χ3v) is 9.94. The second-order valence-corrected chi connectivity index (χ2v) is 13.8. The van der Waals surface area contributed by atoms with Crippen molar-refractivity contribution in [1.29, 1.82) is 5.26 Å². The second kappa shape index (κ2) is 9.92. The van der Waals surface area contributed by atoms with E-state index in [1.807, 2.05) is 24.9 Å². The zero-order chi connectivity index (χ0) is 31.1. The van der Waals surface area contributed by atoms with Crippen molar-refractivity contribution in [2.45, 2.75) is 45.3 Å². The fraction of sp³-hybridized carbons (Fsp3) is 0.406. The molecule has 0 bridgehead atoms. The molecule has 226 valence electrons. The van der Waals surface area contributed by atoms with E-state index in [0.29, 0.717) is 63.9 Å². The van der Waals surface area contributed by atoms with E-state index in [1.165, 1.54) is 37.3 Å². The van der Waals surface area contributed by atoms with Crippen molar-refractivity contribution in [2.75, 3.05) is 43.0 Å². The lowest BCUT2D eigenvalue weighted by atomic mass is 9.72. The number of pyridine rings is 2. The van der Waals surface area contributed by atoms with Crippen molar-refractivity contribution in [3.8, 4) is 17.3 Å². The summed E-state index contributed by atoms with van der Waals surface area (Å²) in [5.41, 5.74) is 4.44. The molecule has 3 aromatic heterocycles. The molecule has 2 saturated heterocycles. The fourth-order valence-corrected chi connectivity index (χ4v) is 7.57. The molecular weight excluding hydrogens is 581 g/mol. The molecule has 5 heterocycles. The molecule has 12 heteroatoms. The molecule has 0 unspecified atom stereocenters. The van der Waals surface area contributed by atoms with Crippen molar-refractivity contribution in [1.82, 2.24) is 19.9 Å². The molecule has 1 aromatic carbocycles. The predicted octanol–water partition coefficient (Wildman–Crippen LogP) is 4.24.